The second-order valence-electron chi connectivity index (χ2n) is 5.97. The number of aromatic nitrogens is 1. The van der Waals surface area contributed by atoms with Crippen molar-refractivity contribution in [2.45, 2.75) is 19.9 Å². The second-order valence-corrected chi connectivity index (χ2v) is 7.51. The van der Waals surface area contributed by atoms with E-state index in [1.54, 1.807) is 13.1 Å². The standard InChI is InChI=1S/C21H21N3O2S2/c1-2-26-20(25)18-13-17(12-15-8-4-3-5-9-15)28-19(18)24-21(27)23-14-16-10-6-7-11-22-16/h3-11,13H,2,12,14H2,1H3,(H2,23,24,27). The van der Waals surface area contributed by atoms with Crippen LogP contribution in [0.5, 0.6) is 0 Å². The molecule has 1 aromatic carbocycles. The van der Waals surface area contributed by atoms with Crippen LogP contribution in [0.2, 0.25) is 0 Å². The maximum absolute atomic E-state index is 12.4. The summed E-state index contributed by atoms with van der Waals surface area (Å²) in [6, 6.07) is 17.7. The van der Waals surface area contributed by atoms with E-state index in [0.29, 0.717) is 28.8 Å². The lowest BCUT2D eigenvalue weighted by Crippen LogP contribution is -2.28. The van der Waals surface area contributed by atoms with Crippen molar-refractivity contribution >= 4 is 39.6 Å². The summed E-state index contributed by atoms with van der Waals surface area (Å²) in [6.07, 6.45) is 2.48. The van der Waals surface area contributed by atoms with Crippen molar-refractivity contribution < 1.29 is 9.53 Å². The topological polar surface area (TPSA) is 63.2 Å². The van der Waals surface area contributed by atoms with Crippen LogP contribution >= 0.6 is 23.6 Å². The highest BCUT2D eigenvalue weighted by molar-refractivity contribution is 7.80. The van der Waals surface area contributed by atoms with E-state index in [9.17, 15) is 4.79 Å². The monoisotopic (exact) mass is 411 g/mol. The lowest BCUT2D eigenvalue weighted by Gasteiger charge is -2.10. The van der Waals surface area contributed by atoms with Crippen molar-refractivity contribution in [3.63, 3.8) is 0 Å². The molecule has 5 nitrogen and oxygen atoms in total. The van der Waals surface area contributed by atoms with Crippen LogP contribution in [0.4, 0.5) is 5.00 Å². The number of esters is 1. The molecule has 0 unspecified atom stereocenters. The fourth-order valence-corrected chi connectivity index (χ4v) is 3.92. The average Bonchev–Trinajstić information content (AvgIpc) is 3.10. The Morgan fingerprint density at radius 3 is 2.68 bits per heavy atom. The number of thiophene rings is 1. The Hall–Kier alpha value is -2.77. The number of carbonyl (C=O) groups is 1. The summed E-state index contributed by atoms with van der Waals surface area (Å²) in [7, 11) is 0. The summed E-state index contributed by atoms with van der Waals surface area (Å²) in [6.45, 7) is 2.62. The molecule has 0 aliphatic rings. The van der Waals surface area contributed by atoms with Gasteiger partial charge >= 0.3 is 5.97 Å². The first kappa shape index (κ1) is 20.0. The first-order valence-corrected chi connectivity index (χ1v) is 10.2. The third-order valence-corrected chi connectivity index (χ3v) is 5.18. The minimum Gasteiger partial charge on any atom is -0.462 e. The lowest BCUT2D eigenvalue weighted by molar-refractivity contribution is 0.0528. The SMILES string of the molecule is CCOC(=O)c1cc(Cc2ccccc2)sc1NC(=S)NCc1ccccn1. The van der Waals surface area contributed by atoms with Crippen molar-refractivity contribution in [1.29, 1.82) is 0 Å². The molecular formula is C21H21N3O2S2. The van der Waals surface area contributed by atoms with Gasteiger partial charge in [0.2, 0.25) is 0 Å². The van der Waals surface area contributed by atoms with Gasteiger partial charge in [-0.15, -0.1) is 11.3 Å². The quantitative estimate of drug-likeness (QED) is 0.444. The number of nitrogens with zero attached hydrogens (tertiary/aromatic N) is 1. The molecule has 144 valence electrons. The Bertz CT molecular complexity index is 927. The molecule has 0 aliphatic heterocycles. The molecule has 2 aromatic heterocycles. The zero-order valence-electron chi connectivity index (χ0n) is 15.5. The van der Waals surface area contributed by atoms with Crippen molar-refractivity contribution in [2.24, 2.45) is 0 Å². The second kappa shape index (κ2) is 9.96. The molecule has 0 aliphatic carbocycles. The number of thiocarbonyl (C=S) groups is 1. The number of rotatable bonds is 7. The van der Waals surface area contributed by atoms with Gasteiger partial charge in [0.15, 0.2) is 5.11 Å². The maximum Gasteiger partial charge on any atom is 0.341 e. The molecule has 0 radical (unpaired) electrons. The fraction of sp³-hybridized carbons (Fsp3) is 0.190. The van der Waals surface area contributed by atoms with Crippen LogP contribution in [-0.2, 0) is 17.7 Å². The van der Waals surface area contributed by atoms with Crippen LogP contribution in [0.3, 0.4) is 0 Å². The number of pyridine rings is 1. The summed E-state index contributed by atoms with van der Waals surface area (Å²) in [5.74, 6) is -0.354. The van der Waals surface area contributed by atoms with Crippen molar-refractivity contribution in [2.75, 3.05) is 11.9 Å². The van der Waals surface area contributed by atoms with Crippen molar-refractivity contribution in [1.82, 2.24) is 10.3 Å². The molecule has 0 saturated heterocycles. The molecule has 0 fully saturated rings. The van der Waals surface area contributed by atoms with E-state index >= 15 is 0 Å². The van der Waals surface area contributed by atoms with E-state index in [4.69, 9.17) is 17.0 Å². The highest BCUT2D eigenvalue weighted by Gasteiger charge is 2.18. The minimum atomic E-state index is -0.354. The van der Waals surface area contributed by atoms with Crippen molar-refractivity contribution in [3.8, 4) is 0 Å². The summed E-state index contributed by atoms with van der Waals surface area (Å²) in [5, 5.41) is 7.37. The highest BCUT2D eigenvalue weighted by Crippen LogP contribution is 2.30. The molecule has 2 heterocycles. The van der Waals surface area contributed by atoms with Gasteiger partial charge in [0.1, 0.15) is 5.00 Å². The first-order valence-electron chi connectivity index (χ1n) is 8.94. The number of hydrogen-bond acceptors (Lipinski definition) is 5. The Labute approximate surface area is 173 Å². The molecule has 0 bridgehead atoms. The number of carbonyl (C=O) groups excluding carboxylic acids is 1. The van der Waals surface area contributed by atoms with Crippen LogP contribution < -0.4 is 10.6 Å². The molecule has 0 amide bonds. The van der Waals surface area contributed by atoms with Gasteiger partial charge in [0.25, 0.3) is 0 Å². The van der Waals surface area contributed by atoms with E-state index in [1.807, 2.05) is 42.5 Å². The van der Waals surface area contributed by atoms with Gasteiger partial charge in [-0.1, -0.05) is 36.4 Å². The number of anilines is 1. The Morgan fingerprint density at radius 2 is 1.96 bits per heavy atom. The van der Waals surface area contributed by atoms with Crippen LogP contribution in [0, 0.1) is 0 Å². The van der Waals surface area contributed by atoms with E-state index in [-0.39, 0.29) is 5.97 Å². The zero-order chi connectivity index (χ0) is 19.8. The molecule has 3 aromatic rings. The Morgan fingerprint density at radius 1 is 1.18 bits per heavy atom. The fourth-order valence-electron chi connectivity index (χ4n) is 2.60. The Kier molecular flexibility index (Phi) is 7.11. The third kappa shape index (κ3) is 5.61. The zero-order valence-corrected chi connectivity index (χ0v) is 17.1. The van der Waals surface area contributed by atoms with Gasteiger partial charge in [-0.3, -0.25) is 4.98 Å². The number of hydrogen-bond donors (Lipinski definition) is 2. The molecule has 0 atom stereocenters. The number of benzene rings is 1. The van der Waals surface area contributed by atoms with Gasteiger partial charge in [-0.05, 0) is 42.9 Å². The van der Waals surface area contributed by atoms with Crippen LogP contribution in [0.1, 0.15) is 33.4 Å². The van der Waals surface area contributed by atoms with Crippen molar-refractivity contribution in [3.05, 3.63) is 82.5 Å². The highest BCUT2D eigenvalue weighted by atomic mass is 32.1. The minimum absolute atomic E-state index is 0.324. The summed E-state index contributed by atoms with van der Waals surface area (Å²) >= 11 is 6.89. The molecule has 3 rings (SSSR count). The maximum atomic E-state index is 12.4. The Balaban J connectivity index is 1.72. The van der Waals surface area contributed by atoms with E-state index in [0.717, 1.165) is 17.0 Å². The average molecular weight is 412 g/mol. The van der Waals surface area contributed by atoms with Gasteiger partial charge in [-0.25, -0.2) is 4.79 Å². The molecule has 2 N–H and O–H groups in total. The van der Waals surface area contributed by atoms with Gasteiger partial charge in [0.05, 0.1) is 24.4 Å². The molecule has 0 spiro atoms. The molecule has 0 saturated carbocycles. The third-order valence-electron chi connectivity index (χ3n) is 3.88. The predicted molar refractivity (Wildman–Crippen MR) is 117 cm³/mol. The smallest absolute Gasteiger partial charge is 0.341 e. The molecular weight excluding hydrogens is 390 g/mol. The summed E-state index contributed by atoms with van der Waals surface area (Å²) in [5.41, 5.74) is 2.56. The van der Waals surface area contributed by atoms with E-state index in [1.165, 1.54) is 16.9 Å². The lowest BCUT2D eigenvalue weighted by atomic mass is 10.1. The normalized spacial score (nSPS) is 10.3. The largest absolute Gasteiger partial charge is 0.462 e. The number of nitrogens with one attached hydrogen (secondary N) is 2. The first-order chi connectivity index (χ1) is 13.7. The van der Waals surface area contributed by atoms with Gasteiger partial charge in [-0.2, -0.15) is 0 Å². The number of ether oxygens (including phenoxy) is 1. The molecule has 28 heavy (non-hydrogen) atoms. The summed E-state index contributed by atoms with van der Waals surface area (Å²) < 4.78 is 5.20. The van der Waals surface area contributed by atoms with Crippen LogP contribution in [0.15, 0.2) is 60.8 Å². The van der Waals surface area contributed by atoms with E-state index < -0.39 is 0 Å². The predicted octanol–water partition coefficient (Wildman–Crippen LogP) is 4.40. The molecule has 7 heteroatoms. The van der Waals surface area contributed by atoms with Crippen LogP contribution in [-0.4, -0.2) is 22.7 Å². The van der Waals surface area contributed by atoms with Gasteiger partial charge in [0, 0.05) is 17.5 Å². The van der Waals surface area contributed by atoms with Gasteiger partial charge < -0.3 is 15.4 Å². The van der Waals surface area contributed by atoms with Crippen LogP contribution in [0.25, 0.3) is 0 Å². The summed E-state index contributed by atoms with van der Waals surface area (Å²) in [4.78, 5) is 17.7. The van der Waals surface area contributed by atoms with E-state index in [2.05, 4.69) is 27.8 Å².